The third-order valence-corrected chi connectivity index (χ3v) is 7.89. The number of ether oxygens (including phenoxy) is 2. The Balaban J connectivity index is 4.31. The van der Waals surface area contributed by atoms with Crippen molar-refractivity contribution in [2.45, 2.75) is 155 Å². The first kappa shape index (κ1) is 40.8. The lowest BCUT2D eigenvalue weighted by Crippen LogP contribution is -2.29. The normalized spacial score (nSPS) is 13.7. The fourth-order valence-electron chi connectivity index (χ4n) is 4.38. The first-order valence-electron chi connectivity index (χ1n) is 16.7. The lowest BCUT2D eigenvalue weighted by Gasteiger charge is -2.19. The number of phosphoric acid groups is 1. The second-order valence-corrected chi connectivity index (χ2v) is 12.5. The maximum atomic E-state index is 12.4. The third kappa shape index (κ3) is 28.9. The number of carbonyl (C=O) groups is 2. The smallest absolute Gasteiger partial charge is 0.462 e. The highest BCUT2D eigenvalue weighted by atomic mass is 31.2. The highest BCUT2D eigenvalue weighted by Gasteiger charge is 2.25. The molecule has 0 amide bonds. The van der Waals surface area contributed by atoms with Gasteiger partial charge in [-0.15, -0.1) is 0 Å². The number of nitrogens with two attached hydrogens (primary N) is 1. The minimum Gasteiger partial charge on any atom is -0.462 e. The second-order valence-electron chi connectivity index (χ2n) is 11.0. The topological polar surface area (TPSA) is 134 Å². The lowest BCUT2D eigenvalue weighted by atomic mass is 10.1. The Hall–Kier alpha value is -1.25. The molecule has 248 valence electrons. The average molecular weight is 620 g/mol. The first-order valence-corrected chi connectivity index (χ1v) is 18.2. The van der Waals surface area contributed by atoms with Gasteiger partial charge < -0.3 is 20.1 Å². The molecule has 0 aromatic rings. The molecule has 0 fully saturated rings. The summed E-state index contributed by atoms with van der Waals surface area (Å²) in [5.41, 5.74) is 5.31. The molecular formula is C32H62NO8P. The molecule has 0 bridgehead atoms. The molecule has 0 aliphatic rings. The summed E-state index contributed by atoms with van der Waals surface area (Å²) in [6.45, 7) is 3.64. The Bertz CT molecular complexity index is 719. The fourth-order valence-corrected chi connectivity index (χ4v) is 5.14. The maximum absolute atomic E-state index is 12.4. The lowest BCUT2D eigenvalue weighted by molar-refractivity contribution is -0.161. The van der Waals surface area contributed by atoms with Crippen LogP contribution in [-0.2, 0) is 32.7 Å². The molecule has 9 nitrogen and oxygen atoms in total. The Labute approximate surface area is 256 Å². The maximum Gasteiger partial charge on any atom is 0.472 e. The van der Waals surface area contributed by atoms with Crippen LogP contribution >= 0.6 is 7.82 Å². The molecule has 2 atom stereocenters. The van der Waals surface area contributed by atoms with Crippen LogP contribution in [-0.4, -0.2) is 49.3 Å². The summed E-state index contributed by atoms with van der Waals surface area (Å²) in [6, 6.07) is 0. The predicted octanol–water partition coefficient (Wildman–Crippen LogP) is 8.32. The second kappa shape index (κ2) is 29.8. The summed E-state index contributed by atoms with van der Waals surface area (Å²) in [6.07, 6.45) is 25.3. The molecular weight excluding hydrogens is 557 g/mol. The number of allylic oxidation sites excluding steroid dienone is 2. The Morgan fingerprint density at radius 2 is 1.19 bits per heavy atom. The van der Waals surface area contributed by atoms with E-state index < -0.39 is 26.5 Å². The molecule has 0 saturated carbocycles. The molecule has 10 heteroatoms. The standard InChI is InChI=1S/C32H62NO8P/c1-3-5-7-9-11-13-15-17-19-21-23-25-32(35)41-30(29-40-42(36,37)39-27-26-33)28-38-31(34)24-22-20-18-16-14-12-10-8-6-4-2/h9,11,30H,3-8,10,12-29,33H2,1-2H3,(H,36,37)/b11-9-. The molecule has 42 heavy (non-hydrogen) atoms. The van der Waals surface area contributed by atoms with Crippen molar-refractivity contribution >= 4 is 19.8 Å². The van der Waals surface area contributed by atoms with Crippen LogP contribution in [0.15, 0.2) is 12.2 Å². The molecule has 0 spiro atoms. The number of rotatable bonds is 31. The summed E-state index contributed by atoms with van der Waals surface area (Å²) in [5.74, 6) is -0.841. The van der Waals surface area contributed by atoms with Gasteiger partial charge in [-0.2, -0.15) is 0 Å². The summed E-state index contributed by atoms with van der Waals surface area (Å²) in [5, 5.41) is 0. The van der Waals surface area contributed by atoms with Crippen molar-refractivity contribution in [2.75, 3.05) is 26.4 Å². The predicted molar refractivity (Wildman–Crippen MR) is 169 cm³/mol. The van der Waals surface area contributed by atoms with Crippen molar-refractivity contribution in [1.29, 1.82) is 0 Å². The highest BCUT2D eigenvalue weighted by molar-refractivity contribution is 7.47. The summed E-state index contributed by atoms with van der Waals surface area (Å²) in [7, 11) is -4.36. The monoisotopic (exact) mass is 619 g/mol. The van der Waals surface area contributed by atoms with Crippen LogP contribution in [0.1, 0.15) is 149 Å². The molecule has 0 aromatic carbocycles. The quantitative estimate of drug-likeness (QED) is 0.0340. The van der Waals surface area contributed by atoms with Crippen molar-refractivity contribution < 1.29 is 37.6 Å². The Morgan fingerprint density at radius 1 is 0.690 bits per heavy atom. The van der Waals surface area contributed by atoms with E-state index in [1.165, 1.54) is 57.8 Å². The fraction of sp³-hybridized carbons (Fsp3) is 0.875. The Morgan fingerprint density at radius 3 is 1.76 bits per heavy atom. The number of carbonyl (C=O) groups excluding carboxylic acids is 2. The van der Waals surface area contributed by atoms with Gasteiger partial charge in [0.1, 0.15) is 6.61 Å². The number of hydrogen-bond donors (Lipinski definition) is 2. The average Bonchev–Trinajstić information content (AvgIpc) is 2.97. The van der Waals surface area contributed by atoms with E-state index in [2.05, 4.69) is 26.0 Å². The van der Waals surface area contributed by atoms with Crippen LogP contribution in [0, 0.1) is 0 Å². The van der Waals surface area contributed by atoms with E-state index in [9.17, 15) is 19.0 Å². The number of hydrogen-bond acceptors (Lipinski definition) is 8. The number of unbranched alkanes of at least 4 members (excludes halogenated alkanes) is 16. The van der Waals surface area contributed by atoms with Crippen molar-refractivity contribution in [3.8, 4) is 0 Å². The first-order chi connectivity index (χ1) is 20.3. The van der Waals surface area contributed by atoms with Gasteiger partial charge in [-0.1, -0.05) is 116 Å². The van der Waals surface area contributed by atoms with E-state index in [0.29, 0.717) is 6.42 Å². The van der Waals surface area contributed by atoms with Gasteiger partial charge in [0.2, 0.25) is 0 Å². The molecule has 0 saturated heterocycles. The van der Waals surface area contributed by atoms with Gasteiger partial charge in [-0.05, 0) is 32.1 Å². The molecule has 3 N–H and O–H groups in total. The van der Waals surface area contributed by atoms with E-state index in [0.717, 1.165) is 57.8 Å². The van der Waals surface area contributed by atoms with Crippen LogP contribution in [0.25, 0.3) is 0 Å². The molecule has 0 heterocycles. The van der Waals surface area contributed by atoms with E-state index in [1.807, 2.05) is 0 Å². The molecule has 0 aliphatic carbocycles. The third-order valence-electron chi connectivity index (χ3n) is 6.90. The SMILES string of the molecule is CCCC/C=C\CCCCCCCC(=O)OC(COC(=O)CCCCCCCCCCCC)COP(=O)(O)OCCN. The zero-order valence-electron chi connectivity index (χ0n) is 26.7. The summed E-state index contributed by atoms with van der Waals surface area (Å²) < 4.78 is 32.4. The van der Waals surface area contributed by atoms with Crippen molar-refractivity contribution in [1.82, 2.24) is 0 Å². The van der Waals surface area contributed by atoms with Gasteiger partial charge in [0.05, 0.1) is 13.2 Å². The van der Waals surface area contributed by atoms with Crippen LogP contribution in [0.4, 0.5) is 0 Å². The summed E-state index contributed by atoms with van der Waals surface area (Å²) in [4.78, 5) is 34.4. The molecule has 0 radical (unpaired) electrons. The summed E-state index contributed by atoms with van der Waals surface area (Å²) >= 11 is 0. The zero-order chi connectivity index (χ0) is 31.2. The number of phosphoric ester groups is 1. The number of esters is 2. The van der Waals surface area contributed by atoms with Gasteiger partial charge in [0, 0.05) is 19.4 Å². The van der Waals surface area contributed by atoms with Crippen molar-refractivity contribution in [2.24, 2.45) is 5.73 Å². The molecule has 0 rings (SSSR count). The molecule has 0 aromatic heterocycles. The van der Waals surface area contributed by atoms with Crippen molar-refractivity contribution in [3.63, 3.8) is 0 Å². The van der Waals surface area contributed by atoms with Gasteiger partial charge >= 0.3 is 19.8 Å². The molecule has 0 aliphatic heterocycles. The van der Waals surface area contributed by atoms with Crippen molar-refractivity contribution in [3.05, 3.63) is 12.2 Å². The highest BCUT2D eigenvalue weighted by Crippen LogP contribution is 2.43. The van der Waals surface area contributed by atoms with Crippen LogP contribution in [0.2, 0.25) is 0 Å². The largest absolute Gasteiger partial charge is 0.472 e. The molecule has 2 unspecified atom stereocenters. The van der Waals surface area contributed by atoms with E-state index >= 15 is 0 Å². The Kier molecular flexibility index (Phi) is 28.9. The van der Waals surface area contributed by atoms with Crippen LogP contribution in [0.3, 0.4) is 0 Å². The van der Waals surface area contributed by atoms with Crippen LogP contribution in [0.5, 0.6) is 0 Å². The van der Waals surface area contributed by atoms with Gasteiger partial charge in [0.25, 0.3) is 0 Å². The zero-order valence-corrected chi connectivity index (χ0v) is 27.6. The van der Waals surface area contributed by atoms with E-state index in [-0.39, 0.29) is 38.6 Å². The van der Waals surface area contributed by atoms with Crippen LogP contribution < -0.4 is 5.73 Å². The van der Waals surface area contributed by atoms with Gasteiger partial charge in [-0.3, -0.25) is 18.6 Å². The van der Waals surface area contributed by atoms with Gasteiger partial charge in [-0.25, -0.2) is 4.57 Å². The minimum atomic E-state index is -4.36. The van der Waals surface area contributed by atoms with Gasteiger partial charge in [0.15, 0.2) is 6.10 Å². The minimum absolute atomic E-state index is 0.0541. The van der Waals surface area contributed by atoms with E-state index in [1.54, 1.807) is 0 Å². The van der Waals surface area contributed by atoms with E-state index in [4.69, 9.17) is 24.3 Å².